The molecule has 0 aliphatic heterocycles. The lowest BCUT2D eigenvalue weighted by Gasteiger charge is -2.20. The highest BCUT2D eigenvalue weighted by Gasteiger charge is 2.35. The summed E-state index contributed by atoms with van der Waals surface area (Å²) < 4.78 is 132. The third-order valence-corrected chi connectivity index (χ3v) is 11.5. The molecule has 0 amide bonds. The molecule has 0 N–H and O–H groups in total. The topological polar surface area (TPSA) is 40.0 Å². The Morgan fingerprint density at radius 1 is 0.446 bits per heavy atom. The van der Waals surface area contributed by atoms with Gasteiger partial charge in [0.25, 0.3) is 0 Å². The molecule has 0 atom stereocenters. The fraction of sp³-hybridized carbons (Fsp3) is 0.0784. The van der Waals surface area contributed by atoms with Gasteiger partial charge in [-0.25, -0.2) is 14.8 Å². The van der Waals surface area contributed by atoms with E-state index in [1.54, 1.807) is 41.8 Å². The van der Waals surface area contributed by atoms with Crippen LogP contribution in [0.5, 0.6) is 0 Å². The molecule has 10 aromatic rings. The van der Waals surface area contributed by atoms with E-state index in [1.807, 2.05) is 60.7 Å². The molecular formula is C51H28F9N5. The molecule has 14 heteroatoms. The predicted octanol–water partition coefficient (Wildman–Crippen LogP) is 15.6. The van der Waals surface area contributed by atoms with E-state index in [2.05, 4.69) is 4.85 Å². The first-order chi connectivity index (χ1) is 31.0. The first-order valence-corrected chi connectivity index (χ1v) is 19.9. The van der Waals surface area contributed by atoms with Crippen molar-refractivity contribution >= 4 is 49.3 Å². The molecule has 0 aliphatic rings. The lowest BCUT2D eigenvalue weighted by molar-refractivity contribution is -0.138. The number of benzene rings is 7. The molecule has 0 fully saturated rings. The van der Waals surface area contributed by atoms with Crippen LogP contribution in [0.2, 0.25) is 0 Å². The molecule has 3 heterocycles. The summed E-state index contributed by atoms with van der Waals surface area (Å²) >= 11 is 0. The minimum Gasteiger partial charge on any atom is -0.308 e. The lowest BCUT2D eigenvalue weighted by Crippen LogP contribution is -2.07. The number of hydrogen-bond donors (Lipinski definition) is 0. The van der Waals surface area contributed by atoms with Crippen molar-refractivity contribution in [1.82, 2.24) is 19.1 Å². The van der Waals surface area contributed by atoms with Crippen LogP contribution in [0.3, 0.4) is 0 Å². The fourth-order valence-electron chi connectivity index (χ4n) is 8.49. The van der Waals surface area contributed by atoms with Crippen molar-refractivity contribution < 1.29 is 39.5 Å². The van der Waals surface area contributed by atoms with Crippen LogP contribution in [0.15, 0.2) is 152 Å². The Morgan fingerprint density at radius 2 is 0.831 bits per heavy atom. The van der Waals surface area contributed by atoms with Gasteiger partial charge in [0, 0.05) is 38.2 Å². The normalized spacial score (nSPS) is 12.4. The molecule has 0 bridgehead atoms. The van der Waals surface area contributed by atoms with E-state index in [9.17, 15) is 39.5 Å². The van der Waals surface area contributed by atoms with Crippen molar-refractivity contribution in [1.29, 1.82) is 0 Å². The van der Waals surface area contributed by atoms with Crippen molar-refractivity contribution in [3.05, 3.63) is 185 Å². The Hall–Kier alpha value is -7.92. The van der Waals surface area contributed by atoms with Crippen molar-refractivity contribution in [2.75, 3.05) is 0 Å². The molecule has 0 unspecified atom stereocenters. The lowest BCUT2D eigenvalue weighted by atomic mass is 10.0. The molecule has 320 valence electrons. The standard InChI is InChI=1S/C51H28F9N5/c1-28-13-17-42-34(21-28)35-22-31(49(52,53)54)14-18-43(35)65(42)47-27-41(61-2)38(48-62-39(29-9-5-3-6-10-29)26-40(63-48)30-11-7-4-8-12-30)25-46(47)64-44-19-15-32(50(55,56)57)23-36(44)37-24-33(51(58,59)60)16-20-45(37)64/h3-27H,1H3. The summed E-state index contributed by atoms with van der Waals surface area (Å²) in [5, 5.41) is 0.355. The van der Waals surface area contributed by atoms with E-state index in [4.69, 9.17) is 16.5 Å². The zero-order valence-electron chi connectivity index (χ0n) is 33.6. The summed E-state index contributed by atoms with van der Waals surface area (Å²) in [6, 6.07) is 37.3. The maximum absolute atomic E-state index is 14.3. The van der Waals surface area contributed by atoms with Gasteiger partial charge < -0.3 is 9.13 Å². The monoisotopic (exact) mass is 881 g/mol. The average Bonchev–Trinajstić information content (AvgIpc) is 3.79. The summed E-state index contributed by atoms with van der Waals surface area (Å²) in [5.41, 5.74) is 1.43. The van der Waals surface area contributed by atoms with Crippen LogP contribution in [-0.4, -0.2) is 19.1 Å². The number of nitrogens with zero attached hydrogens (tertiary/aromatic N) is 5. The predicted molar refractivity (Wildman–Crippen MR) is 233 cm³/mol. The molecule has 0 spiro atoms. The van der Waals surface area contributed by atoms with E-state index in [0.717, 1.165) is 53.1 Å². The van der Waals surface area contributed by atoms with Crippen LogP contribution >= 0.6 is 0 Å². The van der Waals surface area contributed by atoms with Gasteiger partial charge in [-0.3, -0.25) is 0 Å². The van der Waals surface area contributed by atoms with E-state index in [-0.39, 0.29) is 61.2 Å². The van der Waals surface area contributed by atoms with E-state index in [1.165, 1.54) is 28.8 Å². The van der Waals surface area contributed by atoms with Crippen molar-refractivity contribution in [3.63, 3.8) is 0 Å². The Labute approximate surface area is 363 Å². The minimum atomic E-state index is -4.85. The number of rotatable bonds is 5. The number of aryl methyl sites for hydroxylation is 1. The second kappa shape index (κ2) is 14.8. The molecule has 5 nitrogen and oxygen atoms in total. The second-order valence-electron chi connectivity index (χ2n) is 15.5. The highest BCUT2D eigenvalue weighted by atomic mass is 19.4. The highest BCUT2D eigenvalue weighted by Crippen LogP contribution is 2.46. The summed E-state index contributed by atoms with van der Waals surface area (Å²) in [5.74, 6) is 0.0798. The Kier molecular flexibility index (Phi) is 9.38. The fourth-order valence-corrected chi connectivity index (χ4v) is 8.49. The number of fused-ring (bicyclic) bond motifs is 6. The van der Waals surface area contributed by atoms with Gasteiger partial charge in [0.15, 0.2) is 5.69 Å². The average molecular weight is 882 g/mol. The number of aromatic nitrogens is 4. The van der Waals surface area contributed by atoms with Crippen molar-refractivity contribution in [3.8, 4) is 45.3 Å². The smallest absolute Gasteiger partial charge is 0.308 e. The van der Waals surface area contributed by atoms with Crippen molar-refractivity contribution in [2.24, 2.45) is 0 Å². The maximum atomic E-state index is 14.3. The van der Waals surface area contributed by atoms with Gasteiger partial charge in [-0.2, -0.15) is 39.5 Å². The van der Waals surface area contributed by atoms with E-state index in [0.29, 0.717) is 22.3 Å². The van der Waals surface area contributed by atoms with Crippen molar-refractivity contribution in [2.45, 2.75) is 25.5 Å². The zero-order valence-corrected chi connectivity index (χ0v) is 33.6. The van der Waals surface area contributed by atoms with Crippen LogP contribution in [0.25, 0.3) is 93.7 Å². The van der Waals surface area contributed by atoms with Crippen LogP contribution < -0.4 is 0 Å². The minimum absolute atomic E-state index is 0.00137. The number of halogens is 9. The summed E-state index contributed by atoms with van der Waals surface area (Å²) in [6.07, 6.45) is -14.4. The maximum Gasteiger partial charge on any atom is 0.416 e. The first kappa shape index (κ1) is 41.1. The number of alkyl halides is 9. The summed E-state index contributed by atoms with van der Waals surface area (Å²) in [4.78, 5) is 13.8. The molecule has 65 heavy (non-hydrogen) atoms. The van der Waals surface area contributed by atoms with Crippen LogP contribution in [-0.2, 0) is 18.5 Å². The quantitative estimate of drug-likeness (QED) is 0.128. The molecule has 10 rings (SSSR count). The molecule has 0 radical (unpaired) electrons. The Morgan fingerprint density at radius 3 is 1.23 bits per heavy atom. The SMILES string of the molecule is [C-]#[N+]c1cc(-n2c3ccc(C)cc3c3cc(C(F)(F)F)ccc32)c(-n2c3ccc(C(F)(F)F)cc3c3cc(C(F)(F)F)ccc32)cc1-c1nc(-c2ccccc2)cc(-c2ccccc2)n1. The summed E-state index contributed by atoms with van der Waals surface area (Å²) in [7, 11) is 0. The second-order valence-corrected chi connectivity index (χ2v) is 15.5. The highest BCUT2D eigenvalue weighted by molar-refractivity contribution is 6.12. The van der Waals surface area contributed by atoms with Gasteiger partial charge >= 0.3 is 18.5 Å². The van der Waals surface area contributed by atoms with Crippen LogP contribution in [0.1, 0.15) is 22.3 Å². The third-order valence-electron chi connectivity index (χ3n) is 11.5. The molecule has 7 aromatic carbocycles. The Bertz CT molecular complexity index is 3450. The van der Waals surface area contributed by atoms with Gasteiger partial charge in [-0.1, -0.05) is 72.3 Å². The largest absolute Gasteiger partial charge is 0.416 e. The van der Waals surface area contributed by atoms with Gasteiger partial charge in [0.05, 0.1) is 68.1 Å². The zero-order chi connectivity index (χ0) is 45.6. The van der Waals surface area contributed by atoms with Gasteiger partial charge in [-0.15, -0.1) is 0 Å². The van der Waals surface area contributed by atoms with Gasteiger partial charge in [-0.05, 0) is 91.9 Å². The molecule has 0 saturated carbocycles. The Balaban J connectivity index is 1.37. The molecule has 0 aliphatic carbocycles. The van der Waals surface area contributed by atoms with Gasteiger partial charge in [0.1, 0.15) is 5.82 Å². The third kappa shape index (κ3) is 7.09. The van der Waals surface area contributed by atoms with Crippen LogP contribution in [0.4, 0.5) is 45.2 Å². The van der Waals surface area contributed by atoms with E-state index < -0.39 is 35.2 Å². The first-order valence-electron chi connectivity index (χ1n) is 19.9. The van der Waals surface area contributed by atoms with Gasteiger partial charge in [0.2, 0.25) is 0 Å². The molecule has 3 aromatic heterocycles. The number of hydrogen-bond acceptors (Lipinski definition) is 2. The molecular weight excluding hydrogens is 854 g/mol. The van der Waals surface area contributed by atoms with Crippen LogP contribution in [0, 0.1) is 13.5 Å². The van der Waals surface area contributed by atoms with E-state index >= 15 is 0 Å². The summed E-state index contributed by atoms with van der Waals surface area (Å²) in [6.45, 7) is 10.3. The molecule has 0 saturated heterocycles.